The second-order valence-corrected chi connectivity index (χ2v) is 7.11. The fraction of sp³-hybridized carbons (Fsp3) is 0.182. The number of hydrogen-bond donors (Lipinski definition) is 0. The number of likely N-dealkylation sites (N-methyl/N-ethyl adjacent to an activating group) is 1. The first-order valence-electron chi connectivity index (χ1n) is 9.31. The van der Waals surface area contributed by atoms with Gasteiger partial charge in [-0.2, -0.15) is 9.61 Å². The molecule has 4 rings (SSSR count). The van der Waals surface area contributed by atoms with Crippen LogP contribution < -0.4 is 4.90 Å². The van der Waals surface area contributed by atoms with Gasteiger partial charge in [-0.3, -0.25) is 4.79 Å². The maximum Gasteiger partial charge on any atom is 0.246 e. The van der Waals surface area contributed by atoms with Crippen LogP contribution >= 0.6 is 0 Å². The molecule has 146 valence electrons. The van der Waals surface area contributed by atoms with Crippen LogP contribution in [-0.2, 0) is 11.3 Å². The van der Waals surface area contributed by atoms with Crippen molar-refractivity contribution in [2.45, 2.75) is 6.54 Å². The Labute approximate surface area is 168 Å². The molecule has 0 unspecified atom stereocenters. The van der Waals surface area contributed by atoms with E-state index in [0.29, 0.717) is 18.0 Å². The predicted octanol–water partition coefficient (Wildman–Crippen LogP) is 3.02. The average Bonchev–Trinajstić information content (AvgIpc) is 3.16. The molecule has 2 heterocycles. The number of rotatable bonds is 5. The second-order valence-electron chi connectivity index (χ2n) is 7.11. The van der Waals surface area contributed by atoms with Crippen LogP contribution in [0.4, 0.5) is 5.69 Å². The molecule has 1 amide bonds. The number of amides is 1. The molecule has 0 radical (unpaired) electrons. The number of benzene rings is 2. The maximum absolute atomic E-state index is 12.5. The highest BCUT2D eigenvalue weighted by Gasteiger charge is 2.10. The molecule has 7 nitrogen and oxygen atoms in total. The molecule has 0 spiro atoms. The average molecular weight is 386 g/mol. The number of aromatic nitrogens is 4. The second kappa shape index (κ2) is 7.71. The quantitative estimate of drug-likeness (QED) is 0.493. The van der Waals surface area contributed by atoms with E-state index in [1.54, 1.807) is 28.7 Å². The van der Waals surface area contributed by atoms with Gasteiger partial charge in [0.25, 0.3) is 0 Å². The van der Waals surface area contributed by atoms with Crippen LogP contribution in [0.15, 0.2) is 60.8 Å². The summed E-state index contributed by atoms with van der Waals surface area (Å²) < 4.78 is 1.64. The molecule has 0 aliphatic rings. The third-order valence-electron chi connectivity index (χ3n) is 4.80. The Morgan fingerprint density at radius 2 is 1.79 bits per heavy atom. The molecule has 4 aromatic rings. The van der Waals surface area contributed by atoms with E-state index in [4.69, 9.17) is 0 Å². The van der Waals surface area contributed by atoms with Crippen LogP contribution in [0.3, 0.4) is 0 Å². The summed E-state index contributed by atoms with van der Waals surface area (Å²) in [6, 6.07) is 16.0. The van der Waals surface area contributed by atoms with Gasteiger partial charge in [0.1, 0.15) is 0 Å². The van der Waals surface area contributed by atoms with Crippen molar-refractivity contribution in [3.05, 3.63) is 72.2 Å². The van der Waals surface area contributed by atoms with Crippen LogP contribution in [0.1, 0.15) is 11.4 Å². The highest BCUT2D eigenvalue weighted by Crippen LogP contribution is 2.18. The molecule has 2 aromatic heterocycles. The zero-order valence-corrected chi connectivity index (χ0v) is 16.6. The van der Waals surface area contributed by atoms with Gasteiger partial charge >= 0.3 is 0 Å². The number of carbonyl (C=O) groups is 1. The summed E-state index contributed by atoms with van der Waals surface area (Å²) in [5, 5.41) is 14.8. The lowest BCUT2D eigenvalue weighted by atomic mass is 10.2. The highest BCUT2D eigenvalue weighted by atomic mass is 16.2. The van der Waals surface area contributed by atoms with E-state index in [9.17, 15) is 4.79 Å². The zero-order valence-electron chi connectivity index (χ0n) is 16.6. The monoisotopic (exact) mass is 386 g/mol. The number of fused-ring (bicyclic) bond motifs is 3. The summed E-state index contributed by atoms with van der Waals surface area (Å²) in [4.78, 5) is 16.2. The predicted molar refractivity (Wildman–Crippen MR) is 115 cm³/mol. The Morgan fingerprint density at radius 3 is 2.55 bits per heavy atom. The van der Waals surface area contributed by atoms with Crippen molar-refractivity contribution in [2.24, 2.45) is 0 Å². The Hall–Kier alpha value is -3.74. The van der Waals surface area contributed by atoms with Crippen molar-refractivity contribution in [1.82, 2.24) is 24.7 Å². The van der Waals surface area contributed by atoms with Crippen LogP contribution in [-0.4, -0.2) is 51.8 Å². The van der Waals surface area contributed by atoms with E-state index >= 15 is 0 Å². The minimum atomic E-state index is -0.112. The molecule has 0 bridgehead atoms. The summed E-state index contributed by atoms with van der Waals surface area (Å²) in [6.45, 7) is 0.528. The number of anilines is 1. The lowest BCUT2D eigenvalue weighted by Crippen LogP contribution is -2.24. The van der Waals surface area contributed by atoms with Gasteiger partial charge in [-0.15, -0.1) is 10.2 Å². The number of carbonyl (C=O) groups excluding carboxylic acids is 1. The molecule has 0 N–H and O–H groups in total. The van der Waals surface area contributed by atoms with Crippen LogP contribution in [0.25, 0.3) is 22.5 Å². The van der Waals surface area contributed by atoms with Gasteiger partial charge in [-0.1, -0.05) is 36.4 Å². The topological polar surface area (TPSA) is 66.6 Å². The SMILES string of the molecule is CN(Cc1ccc(N(C)C)cc1)C(=O)/C=C/c1nnc2c3ccccc3cnn12. The molecular formula is C22H22N6O. The summed E-state index contributed by atoms with van der Waals surface area (Å²) in [5.74, 6) is 0.405. The largest absolute Gasteiger partial charge is 0.378 e. The molecular weight excluding hydrogens is 364 g/mol. The van der Waals surface area contributed by atoms with Crippen molar-refractivity contribution in [3.63, 3.8) is 0 Å². The number of hydrogen-bond acceptors (Lipinski definition) is 5. The molecule has 2 aromatic carbocycles. The Kier molecular flexibility index (Phi) is 4.95. The van der Waals surface area contributed by atoms with E-state index in [0.717, 1.165) is 22.0 Å². The zero-order chi connectivity index (χ0) is 20.4. The van der Waals surface area contributed by atoms with Crippen LogP contribution in [0, 0.1) is 0 Å². The number of nitrogens with zero attached hydrogens (tertiary/aromatic N) is 6. The Balaban J connectivity index is 1.49. The minimum Gasteiger partial charge on any atom is -0.378 e. The van der Waals surface area contributed by atoms with Crippen molar-refractivity contribution < 1.29 is 4.79 Å². The fourth-order valence-electron chi connectivity index (χ4n) is 3.14. The van der Waals surface area contributed by atoms with E-state index in [1.807, 2.05) is 67.5 Å². The van der Waals surface area contributed by atoms with E-state index in [2.05, 4.69) is 15.3 Å². The summed E-state index contributed by atoms with van der Waals surface area (Å²) in [6.07, 6.45) is 4.92. The third-order valence-corrected chi connectivity index (χ3v) is 4.80. The maximum atomic E-state index is 12.5. The van der Waals surface area contributed by atoms with Crippen molar-refractivity contribution >= 4 is 34.1 Å². The van der Waals surface area contributed by atoms with Gasteiger partial charge in [0, 0.05) is 50.2 Å². The molecule has 0 fully saturated rings. The van der Waals surface area contributed by atoms with Gasteiger partial charge < -0.3 is 9.80 Å². The molecule has 0 aliphatic heterocycles. The first-order chi connectivity index (χ1) is 14.0. The standard InChI is InChI=1S/C22H22N6O/c1-26(2)18-10-8-16(9-11-18)15-27(3)21(29)13-12-20-24-25-22-19-7-5-4-6-17(19)14-23-28(20)22/h4-14H,15H2,1-3H3/b13-12+. The molecule has 0 aliphatic carbocycles. The Morgan fingerprint density at radius 1 is 1.03 bits per heavy atom. The van der Waals surface area contributed by atoms with E-state index in [1.165, 1.54) is 6.08 Å². The van der Waals surface area contributed by atoms with Crippen molar-refractivity contribution in [2.75, 3.05) is 26.0 Å². The van der Waals surface area contributed by atoms with Crippen molar-refractivity contribution in [1.29, 1.82) is 0 Å². The van der Waals surface area contributed by atoms with Gasteiger partial charge in [0.2, 0.25) is 5.91 Å². The smallest absolute Gasteiger partial charge is 0.246 e. The Bertz CT molecular complexity index is 1190. The summed E-state index contributed by atoms with van der Waals surface area (Å²) in [5.41, 5.74) is 2.87. The molecule has 0 atom stereocenters. The third kappa shape index (κ3) is 3.80. The van der Waals surface area contributed by atoms with E-state index < -0.39 is 0 Å². The van der Waals surface area contributed by atoms with Gasteiger partial charge in [0.15, 0.2) is 11.5 Å². The highest BCUT2D eigenvalue weighted by molar-refractivity contribution is 5.94. The van der Waals surface area contributed by atoms with Gasteiger partial charge in [-0.25, -0.2) is 0 Å². The molecule has 7 heteroatoms. The summed E-state index contributed by atoms with van der Waals surface area (Å²) >= 11 is 0. The normalized spacial score (nSPS) is 11.4. The van der Waals surface area contributed by atoms with E-state index in [-0.39, 0.29) is 5.91 Å². The first-order valence-corrected chi connectivity index (χ1v) is 9.31. The lowest BCUT2D eigenvalue weighted by molar-refractivity contribution is -0.125. The van der Waals surface area contributed by atoms with Crippen LogP contribution in [0.2, 0.25) is 0 Å². The minimum absolute atomic E-state index is 0.112. The lowest BCUT2D eigenvalue weighted by Gasteiger charge is -2.17. The van der Waals surface area contributed by atoms with Gasteiger partial charge in [-0.05, 0) is 23.8 Å². The van der Waals surface area contributed by atoms with Gasteiger partial charge in [0.05, 0.1) is 6.20 Å². The fourth-order valence-corrected chi connectivity index (χ4v) is 3.14. The molecule has 0 saturated heterocycles. The molecule has 0 saturated carbocycles. The molecule has 29 heavy (non-hydrogen) atoms. The summed E-state index contributed by atoms with van der Waals surface area (Å²) in [7, 11) is 5.78. The first kappa shape index (κ1) is 18.6. The van der Waals surface area contributed by atoms with Crippen molar-refractivity contribution in [3.8, 4) is 0 Å². The van der Waals surface area contributed by atoms with Crippen LogP contribution in [0.5, 0.6) is 0 Å².